The van der Waals surface area contributed by atoms with Gasteiger partial charge in [0.25, 0.3) is 5.91 Å². The zero-order valence-electron chi connectivity index (χ0n) is 21.1. The largest absolute Gasteiger partial charge is 0.493 e. The van der Waals surface area contributed by atoms with E-state index in [2.05, 4.69) is 20.9 Å². The van der Waals surface area contributed by atoms with Crippen molar-refractivity contribution in [2.75, 3.05) is 58.4 Å². The number of aromatic nitrogens is 1. The highest BCUT2D eigenvalue weighted by atomic mass is 16.5. The van der Waals surface area contributed by atoms with Gasteiger partial charge in [-0.15, -0.1) is 0 Å². The van der Waals surface area contributed by atoms with Gasteiger partial charge in [-0.25, -0.2) is 0 Å². The molecule has 2 aromatic carbocycles. The van der Waals surface area contributed by atoms with Crippen LogP contribution >= 0.6 is 0 Å². The quantitative estimate of drug-likeness (QED) is 0.478. The molecule has 0 bridgehead atoms. The van der Waals surface area contributed by atoms with Gasteiger partial charge in [-0.1, -0.05) is 18.2 Å². The van der Waals surface area contributed by atoms with E-state index in [4.69, 9.17) is 9.47 Å². The number of hydrogen-bond acceptors (Lipinski definition) is 8. The lowest BCUT2D eigenvalue weighted by atomic mass is 9.98. The van der Waals surface area contributed by atoms with Crippen LogP contribution in [0.2, 0.25) is 0 Å². The third-order valence-electron chi connectivity index (χ3n) is 7.15. The number of ether oxygens (including phenoxy) is 2. The second-order valence-corrected chi connectivity index (χ2v) is 9.22. The summed E-state index contributed by atoms with van der Waals surface area (Å²) >= 11 is 0. The number of fused-ring (bicyclic) bond motifs is 2. The molecule has 9 heteroatoms. The average Bonchev–Trinajstić information content (AvgIpc) is 3.16. The topological polar surface area (TPSA) is 99.0 Å². The van der Waals surface area contributed by atoms with E-state index in [0.29, 0.717) is 42.3 Å². The number of carbonyl (C=O) groups excluding carboxylic acids is 2. The van der Waals surface area contributed by atoms with Crippen molar-refractivity contribution in [1.82, 2.24) is 14.8 Å². The smallest absolute Gasteiger partial charge is 0.260 e. The number of pyridine rings is 1. The van der Waals surface area contributed by atoms with E-state index in [-0.39, 0.29) is 18.2 Å². The van der Waals surface area contributed by atoms with Crippen LogP contribution in [0, 0.1) is 11.3 Å². The molecule has 1 saturated heterocycles. The average molecular weight is 500 g/mol. The zero-order chi connectivity index (χ0) is 25.9. The molecule has 0 N–H and O–H groups in total. The molecular formula is C28H29N5O4. The second kappa shape index (κ2) is 10.4. The Bertz CT molecular complexity index is 1400. The number of benzene rings is 2. The molecule has 9 nitrogen and oxygen atoms in total. The number of nitrogens with zero attached hydrogens (tertiary/aromatic N) is 5. The molecule has 0 unspecified atom stereocenters. The normalized spacial score (nSPS) is 16.4. The molecule has 37 heavy (non-hydrogen) atoms. The van der Waals surface area contributed by atoms with Crippen molar-refractivity contribution in [2.45, 2.75) is 12.8 Å². The second-order valence-electron chi connectivity index (χ2n) is 9.22. The lowest BCUT2D eigenvalue weighted by Crippen LogP contribution is -2.46. The van der Waals surface area contributed by atoms with Gasteiger partial charge in [-0.05, 0) is 30.7 Å². The summed E-state index contributed by atoms with van der Waals surface area (Å²) < 4.78 is 10.9. The predicted molar refractivity (Wildman–Crippen MR) is 139 cm³/mol. The fourth-order valence-corrected chi connectivity index (χ4v) is 5.21. The van der Waals surface area contributed by atoms with Crippen LogP contribution in [0.3, 0.4) is 0 Å². The maximum Gasteiger partial charge on any atom is 0.260 e. The molecule has 5 rings (SSSR count). The van der Waals surface area contributed by atoms with Crippen molar-refractivity contribution >= 4 is 28.4 Å². The van der Waals surface area contributed by atoms with E-state index in [1.165, 1.54) is 4.90 Å². The van der Waals surface area contributed by atoms with Gasteiger partial charge in [0.05, 0.1) is 37.4 Å². The highest BCUT2D eigenvalue weighted by Crippen LogP contribution is 2.37. The minimum Gasteiger partial charge on any atom is -0.493 e. The Morgan fingerprint density at radius 2 is 1.78 bits per heavy atom. The molecule has 0 saturated carbocycles. The van der Waals surface area contributed by atoms with Gasteiger partial charge in [0.1, 0.15) is 6.07 Å². The van der Waals surface area contributed by atoms with E-state index in [9.17, 15) is 14.9 Å². The minimum atomic E-state index is -0.213. The number of anilines is 1. The van der Waals surface area contributed by atoms with Crippen molar-refractivity contribution < 1.29 is 19.1 Å². The number of carbonyl (C=O) groups is 2. The van der Waals surface area contributed by atoms with E-state index in [1.54, 1.807) is 26.5 Å². The van der Waals surface area contributed by atoms with Crippen LogP contribution < -0.4 is 14.4 Å². The summed E-state index contributed by atoms with van der Waals surface area (Å²) in [5.74, 6) is 0.813. The van der Waals surface area contributed by atoms with Gasteiger partial charge in [-0.3, -0.25) is 24.4 Å². The van der Waals surface area contributed by atoms with Crippen molar-refractivity contribution in [3.05, 3.63) is 59.3 Å². The Hall–Kier alpha value is -4.16. The Morgan fingerprint density at radius 3 is 2.57 bits per heavy atom. The van der Waals surface area contributed by atoms with Gasteiger partial charge in [0, 0.05) is 55.9 Å². The summed E-state index contributed by atoms with van der Waals surface area (Å²) in [6.45, 7) is 4.03. The summed E-state index contributed by atoms with van der Waals surface area (Å²) in [5, 5.41) is 10.7. The van der Waals surface area contributed by atoms with Gasteiger partial charge < -0.3 is 14.4 Å². The van der Waals surface area contributed by atoms with Crippen LogP contribution in [0.25, 0.3) is 10.9 Å². The first-order chi connectivity index (χ1) is 18.0. The molecule has 0 aliphatic carbocycles. The summed E-state index contributed by atoms with van der Waals surface area (Å²) in [5.41, 5.74) is 3.50. The molecule has 0 spiro atoms. The highest BCUT2D eigenvalue weighted by Gasteiger charge is 2.31. The molecule has 2 aliphatic rings. The van der Waals surface area contributed by atoms with Crippen LogP contribution in [0.1, 0.15) is 27.9 Å². The number of nitriles is 1. The number of hydrogen-bond donors (Lipinski definition) is 0. The van der Waals surface area contributed by atoms with Crippen molar-refractivity contribution in [1.29, 1.82) is 5.26 Å². The van der Waals surface area contributed by atoms with Crippen LogP contribution in [0.4, 0.5) is 5.69 Å². The Kier molecular flexibility index (Phi) is 6.93. The van der Waals surface area contributed by atoms with E-state index >= 15 is 0 Å². The number of methoxy groups -OCH3 is 2. The van der Waals surface area contributed by atoms with Crippen LogP contribution in [-0.4, -0.2) is 80.1 Å². The lowest BCUT2D eigenvalue weighted by Gasteiger charge is -2.29. The van der Waals surface area contributed by atoms with Gasteiger partial charge in [0.2, 0.25) is 5.91 Å². The Labute approximate surface area is 215 Å². The van der Waals surface area contributed by atoms with Crippen molar-refractivity contribution in [3.8, 4) is 17.6 Å². The highest BCUT2D eigenvalue weighted by molar-refractivity contribution is 6.09. The number of amides is 2. The van der Waals surface area contributed by atoms with Gasteiger partial charge >= 0.3 is 0 Å². The fraction of sp³-hybridized carbons (Fsp3) is 0.357. The lowest BCUT2D eigenvalue weighted by molar-refractivity contribution is -0.128. The van der Waals surface area contributed by atoms with E-state index < -0.39 is 0 Å². The van der Waals surface area contributed by atoms with Crippen molar-refractivity contribution in [2.24, 2.45) is 0 Å². The van der Waals surface area contributed by atoms with Crippen LogP contribution in [0.5, 0.6) is 11.5 Å². The Morgan fingerprint density at radius 1 is 1.00 bits per heavy atom. The van der Waals surface area contributed by atoms with Crippen molar-refractivity contribution in [3.63, 3.8) is 0 Å². The molecule has 3 aromatic rings. The number of rotatable bonds is 6. The molecule has 0 radical (unpaired) electrons. The maximum absolute atomic E-state index is 12.9. The minimum absolute atomic E-state index is 0.147. The van der Waals surface area contributed by atoms with Gasteiger partial charge in [-0.2, -0.15) is 5.26 Å². The fourth-order valence-electron chi connectivity index (χ4n) is 5.21. The summed E-state index contributed by atoms with van der Waals surface area (Å²) in [6.07, 6.45) is 2.75. The van der Waals surface area contributed by atoms with Crippen LogP contribution in [-0.2, 0) is 11.2 Å². The monoisotopic (exact) mass is 499 g/mol. The summed E-state index contributed by atoms with van der Waals surface area (Å²) in [7, 11) is 3.17. The molecule has 1 aromatic heterocycles. The van der Waals surface area contributed by atoms with Crippen LogP contribution in [0.15, 0.2) is 42.6 Å². The molecule has 2 aliphatic heterocycles. The first kappa shape index (κ1) is 24.5. The standard InChI is InChI=1S/C28H29N5O4/c1-36-24-15-22-23(16-25(24)37-2)30-18-20(17-29)27(22)32-9-5-8-31(10-12-32)11-13-33-26(34)14-19-6-3-4-7-21(19)28(33)35/h3-4,6-7,15-16,18H,5,8-14H2,1-2H3. The molecule has 1 fully saturated rings. The van der Waals surface area contributed by atoms with E-state index in [1.807, 2.05) is 30.3 Å². The zero-order valence-corrected chi connectivity index (χ0v) is 21.1. The maximum atomic E-state index is 12.9. The Balaban J connectivity index is 1.32. The third kappa shape index (κ3) is 4.68. The van der Waals surface area contributed by atoms with E-state index in [0.717, 1.165) is 48.2 Å². The molecule has 3 heterocycles. The number of imide groups is 1. The molecule has 2 amide bonds. The third-order valence-corrected chi connectivity index (χ3v) is 7.15. The first-order valence-electron chi connectivity index (χ1n) is 12.4. The summed E-state index contributed by atoms with van der Waals surface area (Å²) in [4.78, 5) is 35.9. The first-order valence-corrected chi connectivity index (χ1v) is 12.4. The van der Waals surface area contributed by atoms with Gasteiger partial charge in [0.15, 0.2) is 11.5 Å². The molecule has 0 atom stereocenters. The predicted octanol–water partition coefficient (Wildman–Crippen LogP) is 2.86. The molecular weight excluding hydrogens is 470 g/mol. The molecule has 190 valence electrons. The summed E-state index contributed by atoms with van der Waals surface area (Å²) in [6, 6.07) is 13.3. The SMILES string of the molecule is COc1cc2ncc(C#N)c(N3CCCN(CCN4C(=O)Cc5ccccc5C4=O)CC3)c2cc1OC.